The van der Waals surface area contributed by atoms with E-state index in [0.717, 1.165) is 10.2 Å². The lowest BCUT2D eigenvalue weighted by molar-refractivity contribution is 1.20. The van der Waals surface area contributed by atoms with E-state index >= 15 is 0 Å². The second-order valence-electron chi connectivity index (χ2n) is 2.19. The third-order valence-corrected chi connectivity index (χ3v) is 1.67. The molecule has 13 heavy (non-hydrogen) atoms. The number of aromatic nitrogens is 1. The molecule has 1 aromatic heterocycles. The van der Waals surface area contributed by atoms with Crippen LogP contribution in [0.1, 0.15) is 38.8 Å². The van der Waals surface area contributed by atoms with Crippen molar-refractivity contribution in [2.75, 3.05) is 0 Å². The Morgan fingerprint density at radius 3 is 1.85 bits per heavy atom. The van der Waals surface area contributed by atoms with Crippen LogP contribution in [0, 0.1) is 18.5 Å². The molecule has 1 heterocycles. The van der Waals surface area contributed by atoms with Gasteiger partial charge in [0.05, 0.1) is 0 Å². The zero-order valence-corrected chi connectivity index (χ0v) is 10.4. The lowest BCUT2D eigenvalue weighted by Gasteiger charge is -1.93. The Kier molecular flexibility index (Phi) is 10.8. The van der Waals surface area contributed by atoms with Crippen LogP contribution in [-0.4, -0.2) is 4.98 Å². The molecule has 76 valence electrons. The monoisotopic (exact) mass is 199 g/mol. The molecule has 0 saturated carbocycles. The van der Waals surface area contributed by atoms with Crippen molar-refractivity contribution in [1.82, 2.24) is 4.98 Å². The van der Waals surface area contributed by atoms with Gasteiger partial charge in [-0.05, 0) is 25.0 Å². The largest absolute Gasteiger partial charge is 0.352 e. The Morgan fingerprint density at radius 2 is 1.54 bits per heavy atom. The molecule has 1 nitrogen and oxygen atoms in total. The van der Waals surface area contributed by atoms with Gasteiger partial charge in [-0.25, -0.2) is 0 Å². The Balaban J connectivity index is 0. The molecule has 0 atom stereocenters. The molecule has 0 aromatic carbocycles. The van der Waals surface area contributed by atoms with E-state index in [4.69, 9.17) is 12.2 Å². The van der Waals surface area contributed by atoms with Crippen LogP contribution in [0.15, 0.2) is 12.3 Å². The molecule has 2 heteroatoms. The molecule has 0 spiro atoms. The molecule has 0 radical (unpaired) electrons. The Labute approximate surface area is 87.2 Å². The van der Waals surface area contributed by atoms with Gasteiger partial charge in [0.15, 0.2) is 0 Å². The van der Waals surface area contributed by atoms with E-state index < -0.39 is 0 Å². The summed E-state index contributed by atoms with van der Waals surface area (Å²) in [6.45, 7) is 12.0. The van der Waals surface area contributed by atoms with Gasteiger partial charge in [-0.2, -0.15) is 0 Å². The van der Waals surface area contributed by atoms with Gasteiger partial charge in [0.25, 0.3) is 0 Å². The first-order chi connectivity index (χ1) is 6.20. The molecule has 0 aliphatic heterocycles. The van der Waals surface area contributed by atoms with Gasteiger partial charge >= 0.3 is 0 Å². The normalized spacial score (nSPS) is 7.54. The van der Waals surface area contributed by atoms with Crippen LogP contribution in [0.2, 0.25) is 0 Å². The molecule has 0 amide bonds. The van der Waals surface area contributed by atoms with Crippen molar-refractivity contribution in [3.05, 3.63) is 28.0 Å². The summed E-state index contributed by atoms with van der Waals surface area (Å²) < 4.78 is 0.834. The van der Waals surface area contributed by atoms with Gasteiger partial charge in [0, 0.05) is 6.20 Å². The SMILES string of the molecule is CC.CC.Cc1c[nH]c(=S)c(C)c1. The van der Waals surface area contributed by atoms with Gasteiger partial charge < -0.3 is 4.98 Å². The average Bonchev–Trinajstić information content (AvgIpc) is 2.18. The van der Waals surface area contributed by atoms with Crippen LogP contribution in [0.5, 0.6) is 0 Å². The minimum atomic E-state index is 0.834. The van der Waals surface area contributed by atoms with E-state index in [1.165, 1.54) is 5.56 Å². The summed E-state index contributed by atoms with van der Waals surface area (Å²) in [6, 6.07) is 2.07. The fraction of sp³-hybridized carbons (Fsp3) is 0.545. The fourth-order valence-electron chi connectivity index (χ4n) is 0.742. The van der Waals surface area contributed by atoms with E-state index in [-0.39, 0.29) is 0 Å². The molecule has 0 bridgehead atoms. The highest BCUT2D eigenvalue weighted by Crippen LogP contribution is 2.00. The Hall–Kier alpha value is -0.630. The summed E-state index contributed by atoms with van der Waals surface area (Å²) in [4.78, 5) is 2.98. The van der Waals surface area contributed by atoms with E-state index in [9.17, 15) is 0 Å². The summed E-state index contributed by atoms with van der Waals surface area (Å²) in [6.07, 6.45) is 1.91. The van der Waals surface area contributed by atoms with Crippen LogP contribution in [0.25, 0.3) is 0 Å². The minimum absolute atomic E-state index is 0.834. The van der Waals surface area contributed by atoms with Crippen molar-refractivity contribution in [3.63, 3.8) is 0 Å². The molecule has 1 N–H and O–H groups in total. The van der Waals surface area contributed by atoms with Crippen LogP contribution < -0.4 is 0 Å². The first-order valence-corrected chi connectivity index (χ1v) is 5.27. The number of H-pyrrole nitrogens is 1. The zero-order valence-electron chi connectivity index (χ0n) is 9.56. The molecule has 1 aromatic rings. The second kappa shape index (κ2) is 9.46. The summed E-state index contributed by atoms with van der Waals surface area (Å²) in [5.41, 5.74) is 2.37. The highest BCUT2D eigenvalue weighted by molar-refractivity contribution is 7.71. The Morgan fingerprint density at radius 1 is 1.08 bits per heavy atom. The minimum Gasteiger partial charge on any atom is -0.352 e. The number of hydrogen-bond donors (Lipinski definition) is 1. The summed E-state index contributed by atoms with van der Waals surface area (Å²) in [5.74, 6) is 0. The van der Waals surface area contributed by atoms with Crippen molar-refractivity contribution < 1.29 is 0 Å². The zero-order chi connectivity index (χ0) is 10.9. The quantitative estimate of drug-likeness (QED) is 0.612. The van der Waals surface area contributed by atoms with Crippen LogP contribution in [-0.2, 0) is 0 Å². The second-order valence-corrected chi connectivity index (χ2v) is 2.60. The maximum absolute atomic E-state index is 4.96. The Bertz CT molecular complexity index is 263. The van der Waals surface area contributed by atoms with Gasteiger partial charge in [0.1, 0.15) is 4.64 Å². The first kappa shape index (κ1) is 14.9. The van der Waals surface area contributed by atoms with E-state index in [1.807, 2.05) is 47.7 Å². The number of aromatic amines is 1. The van der Waals surface area contributed by atoms with Crippen molar-refractivity contribution >= 4 is 12.2 Å². The van der Waals surface area contributed by atoms with E-state index in [0.29, 0.717) is 0 Å². The summed E-state index contributed by atoms with van der Waals surface area (Å²) >= 11 is 4.96. The molecular formula is C11H21NS. The van der Waals surface area contributed by atoms with Crippen molar-refractivity contribution in [2.24, 2.45) is 0 Å². The lowest BCUT2D eigenvalue weighted by atomic mass is 10.2. The van der Waals surface area contributed by atoms with Gasteiger partial charge in [-0.15, -0.1) is 0 Å². The number of hydrogen-bond acceptors (Lipinski definition) is 1. The molecule has 1 rings (SSSR count). The molecular weight excluding hydrogens is 178 g/mol. The van der Waals surface area contributed by atoms with Crippen LogP contribution in [0.3, 0.4) is 0 Å². The van der Waals surface area contributed by atoms with Crippen molar-refractivity contribution in [2.45, 2.75) is 41.5 Å². The predicted molar refractivity (Wildman–Crippen MR) is 63.8 cm³/mol. The highest BCUT2D eigenvalue weighted by atomic mass is 32.1. The standard InChI is InChI=1S/C7H9NS.2C2H6/c1-5-3-6(2)7(9)8-4-5;2*1-2/h3-4H,1-2H3,(H,8,9);2*1-2H3. The van der Waals surface area contributed by atoms with Crippen molar-refractivity contribution in [1.29, 1.82) is 0 Å². The maximum Gasteiger partial charge on any atom is 0.106 e. The molecule has 0 aliphatic rings. The third-order valence-electron chi connectivity index (χ3n) is 1.23. The predicted octanol–water partition coefficient (Wildman–Crippen LogP) is 4.41. The molecule has 0 fully saturated rings. The fourth-order valence-corrected chi connectivity index (χ4v) is 0.860. The van der Waals surface area contributed by atoms with Gasteiger partial charge in [-0.1, -0.05) is 46.0 Å². The first-order valence-electron chi connectivity index (χ1n) is 4.86. The molecule has 0 aliphatic carbocycles. The van der Waals surface area contributed by atoms with Crippen LogP contribution >= 0.6 is 12.2 Å². The summed E-state index contributed by atoms with van der Waals surface area (Å²) in [7, 11) is 0. The topological polar surface area (TPSA) is 15.8 Å². The number of aryl methyl sites for hydroxylation is 2. The van der Waals surface area contributed by atoms with Gasteiger partial charge in [0.2, 0.25) is 0 Å². The number of pyridine rings is 1. The van der Waals surface area contributed by atoms with Crippen molar-refractivity contribution in [3.8, 4) is 0 Å². The van der Waals surface area contributed by atoms with Gasteiger partial charge in [-0.3, -0.25) is 0 Å². The molecule has 0 unspecified atom stereocenters. The number of nitrogens with one attached hydrogen (secondary N) is 1. The lowest BCUT2D eigenvalue weighted by Crippen LogP contribution is -1.80. The summed E-state index contributed by atoms with van der Waals surface area (Å²) in [5, 5.41) is 0. The third kappa shape index (κ3) is 6.52. The van der Waals surface area contributed by atoms with E-state index in [1.54, 1.807) is 0 Å². The number of rotatable bonds is 0. The van der Waals surface area contributed by atoms with E-state index in [2.05, 4.69) is 11.1 Å². The van der Waals surface area contributed by atoms with Crippen LogP contribution in [0.4, 0.5) is 0 Å². The highest BCUT2D eigenvalue weighted by Gasteiger charge is 1.86. The average molecular weight is 199 g/mol. The maximum atomic E-state index is 4.96. The smallest absolute Gasteiger partial charge is 0.106 e. The molecule has 0 saturated heterocycles.